The summed E-state index contributed by atoms with van der Waals surface area (Å²) >= 11 is 0. The Bertz CT molecular complexity index is 326. The van der Waals surface area contributed by atoms with Crippen LogP contribution in [-0.4, -0.2) is 18.8 Å². The fraction of sp³-hybridized carbons (Fsp3) is 0.400. The number of benzene rings is 1. The molecule has 0 spiro atoms. The number of nitrogens with two attached hydrogens (primary N) is 1. The Hall–Kier alpha value is -1.13. The molecule has 0 aromatic heterocycles. The van der Waals surface area contributed by atoms with Gasteiger partial charge in [-0.2, -0.15) is 0 Å². The second-order valence-corrected chi connectivity index (χ2v) is 3.30. The number of methoxy groups -OCH3 is 1. The number of rotatable bonds is 3. The van der Waals surface area contributed by atoms with E-state index in [1.165, 1.54) is 26.2 Å². The van der Waals surface area contributed by atoms with Crippen molar-refractivity contribution >= 4 is 0 Å². The van der Waals surface area contributed by atoms with E-state index in [-0.39, 0.29) is 12.1 Å². The second kappa shape index (κ2) is 3.94. The highest BCUT2D eigenvalue weighted by Crippen LogP contribution is 2.31. The fourth-order valence-electron chi connectivity index (χ4n) is 1.30. The van der Waals surface area contributed by atoms with Crippen LogP contribution in [0.1, 0.15) is 12.5 Å². The summed E-state index contributed by atoms with van der Waals surface area (Å²) in [5.41, 5.74) is 4.05. The Labute approximate surface area is 82.3 Å². The molecule has 1 atom stereocenters. The van der Waals surface area contributed by atoms with Gasteiger partial charge in [0.25, 0.3) is 0 Å². The summed E-state index contributed by atoms with van der Waals surface area (Å²) in [7, 11) is 1.42. The van der Waals surface area contributed by atoms with Crippen LogP contribution in [0, 0.1) is 5.82 Å². The summed E-state index contributed by atoms with van der Waals surface area (Å²) in [6, 6.07) is 4.37. The van der Waals surface area contributed by atoms with E-state index in [0.29, 0.717) is 5.75 Å². The van der Waals surface area contributed by atoms with Crippen molar-refractivity contribution in [3.63, 3.8) is 0 Å². The predicted molar refractivity (Wildman–Crippen MR) is 51.6 cm³/mol. The van der Waals surface area contributed by atoms with Crippen LogP contribution in [0.5, 0.6) is 5.75 Å². The lowest BCUT2D eigenvalue weighted by atomic mass is 9.94. The van der Waals surface area contributed by atoms with E-state index in [4.69, 9.17) is 10.5 Å². The quantitative estimate of drug-likeness (QED) is 0.763. The number of hydrogen-bond acceptors (Lipinski definition) is 3. The lowest BCUT2D eigenvalue weighted by molar-refractivity contribution is 0.0600. The van der Waals surface area contributed by atoms with Crippen LogP contribution < -0.4 is 10.5 Å². The van der Waals surface area contributed by atoms with E-state index in [1.54, 1.807) is 6.07 Å². The van der Waals surface area contributed by atoms with Gasteiger partial charge in [-0.15, -0.1) is 0 Å². The van der Waals surface area contributed by atoms with Crippen molar-refractivity contribution in [1.82, 2.24) is 0 Å². The molecule has 0 radical (unpaired) electrons. The largest absolute Gasteiger partial charge is 0.496 e. The number of ether oxygens (including phenoxy) is 1. The van der Waals surface area contributed by atoms with E-state index in [9.17, 15) is 9.50 Å². The zero-order valence-corrected chi connectivity index (χ0v) is 8.25. The van der Waals surface area contributed by atoms with Crippen molar-refractivity contribution in [1.29, 1.82) is 0 Å². The van der Waals surface area contributed by atoms with Gasteiger partial charge in [0.15, 0.2) is 0 Å². The molecule has 0 saturated heterocycles. The van der Waals surface area contributed by atoms with Gasteiger partial charge in [-0.1, -0.05) is 6.07 Å². The van der Waals surface area contributed by atoms with Gasteiger partial charge >= 0.3 is 0 Å². The van der Waals surface area contributed by atoms with Gasteiger partial charge < -0.3 is 15.6 Å². The van der Waals surface area contributed by atoms with Gasteiger partial charge in [0.05, 0.1) is 12.7 Å². The lowest BCUT2D eigenvalue weighted by Crippen LogP contribution is -2.32. The summed E-state index contributed by atoms with van der Waals surface area (Å²) in [5, 5.41) is 9.84. The average molecular weight is 199 g/mol. The van der Waals surface area contributed by atoms with Crippen molar-refractivity contribution in [2.75, 3.05) is 13.7 Å². The lowest BCUT2D eigenvalue weighted by Gasteiger charge is -2.24. The van der Waals surface area contributed by atoms with E-state index in [0.717, 1.165) is 0 Å². The molecule has 1 aromatic rings. The third-order valence-electron chi connectivity index (χ3n) is 2.13. The van der Waals surface area contributed by atoms with Gasteiger partial charge in [-0.3, -0.25) is 0 Å². The third kappa shape index (κ3) is 1.86. The summed E-state index contributed by atoms with van der Waals surface area (Å²) in [4.78, 5) is 0. The van der Waals surface area contributed by atoms with Crippen LogP contribution >= 0.6 is 0 Å². The fourth-order valence-corrected chi connectivity index (χ4v) is 1.30. The van der Waals surface area contributed by atoms with Crippen molar-refractivity contribution in [3.05, 3.63) is 29.6 Å². The topological polar surface area (TPSA) is 55.5 Å². The minimum atomic E-state index is -1.41. The number of hydrogen-bond donors (Lipinski definition) is 2. The minimum absolute atomic E-state index is 0.0652. The predicted octanol–water partition coefficient (Wildman–Crippen LogP) is 1.00. The maximum Gasteiger partial charge on any atom is 0.133 e. The number of aliphatic hydroxyl groups is 1. The summed E-state index contributed by atoms with van der Waals surface area (Å²) in [5.74, 6) is -0.208. The van der Waals surface area contributed by atoms with E-state index >= 15 is 0 Å². The monoisotopic (exact) mass is 199 g/mol. The van der Waals surface area contributed by atoms with Crippen LogP contribution in [0.25, 0.3) is 0 Å². The van der Waals surface area contributed by atoms with Gasteiger partial charge in [0.2, 0.25) is 0 Å². The Morgan fingerprint density at radius 2 is 2.21 bits per heavy atom. The summed E-state index contributed by atoms with van der Waals surface area (Å²) < 4.78 is 18.4. The first-order chi connectivity index (χ1) is 6.53. The number of halogens is 1. The first-order valence-electron chi connectivity index (χ1n) is 4.28. The molecular weight excluding hydrogens is 185 g/mol. The van der Waals surface area contributed by atoms with Crippen LogP contribution in [0.2, 0.25) is 0 Å². The molecule has 0 heterocycles. The van der Waals surface area contributed by atoms with E-state index in [1.807, 2.05) is 0 Å². The standard InChI is InChI=1S/C10H14FNO2/c1-10(13,6-12)9-7(11)4-3-5-8(9)14-2/h3-5,13H,6,12H2,1-2H3. The SMILES string of the molecule is COc1cccc(F)c1C(C)(O)CN. The highest BCUT2D eigenvalue weighted by atomic mass is 19.1. The second-order valence-electron chi connectivity index (χ2n) is 3.30. The highest BCUT2D eigenvalue weighted by Gasteiger charge is 2.28. The molecule has 3 nitrogen and oxygen atoms in total. The normalized spacial score (nSPS) is 14.9. The summed E-state index contributed by atoms with van der Waals surface area (Å²) in [6.07, 6.45) is 0. The van der Waals surface area contributed by atoms with Crippen molar-refractivity contribution in [2.45, 2.75) is 12.5 Å². The van der Waals surface area contributed by atoms with Crippen LogP contribution in [0.4, 0.5) is 4.39 Å². The summed E-state index contributed by atoms with van der Waals surface area (Å²) in [6.45, 7) is 1.39. The molecule has 4 heteroatoms. The smallest absolute Gasteiger partial charge is 0.133 e. The van der Waals surface area contributed by atoms with Crippen molar-refractivity contribution in [3.8, 4) is 5.75 Å². The Morgan fingerprint density at radius 1 is 1.57 bits per heavy atom. The van der Waals surface area contributed by atoms with Gasteiger partial charge in [0, 0.05) is 6.54 Å². The first kappa shape index (κ1) is 10.9. The zero-order valence-electron chi connectivity index (χ0n) is 8.25. The van der Waals surface area contributed by atoms with Crippen LogP contribution in [0.15, 0.2) is 18.2 Å². The third-order valence-corrected chi connectivity index (χ3v) is 2.13. The van der Waals surface area contributed by atoms with Crippen molar-refractivity contribution in [2.24, 2.45) is 5.73 Å². The molecular formula is C10H14FNO2. The molecule has 0 amide bonds. The molecule has 0 fully saturated rings. The minimum Gasteiger partial charge on any atom is -0.496 e. The molecule has 0 aliphatic rings. The zero-order chi connectivity index (χ0) is 10.8. The Balaban J connectivity index is 3.30. The van der Waals surface area contributed by atoms with Crippen molar-refractivity contribution < 1.29 is 14.2 Å². The Kier molecular flexibility index (Phi) is 3.08. The first-order valence-corrected chi connectivity index (χ1v) is 4.28. The molecule has 0 saturated carbocycles. The molecule has 0 bridgehead atoms. The molecule has 78 valence electrons. The maximum absolute atomic E-state index is 13.4. The van der Waals surface area contributed by atoms with Gasteiger partial charge in [-0.05, 0) is 19.1 Å². The molecule has 1 aromatic carbocycles. The maximum atomic E-state index is 13.4. The highest BCUT2D eigenvalue weighted by molar-refractivity contribution is 5.39. The van der Waals surface area contributed by atoms with E-state index < -0.39 is 11.4 Å². The molecule has 3 N–H and O–H groups in total. The van der Waals surface area contributed by atoms with E-state index in [2.05, 4.69) is 0 Å². The van der Waals surface area contributed by atoms with Crippen LogP contribution in [0.3, 0.4) is 0 Å². The molecule has 14 heavy (non-hydrogen) atoms. The molecule has 0 aliphatic heterocycles. The average Bonchev–Trinajstić information content (AvgIpc) is 2.17. The Morgan fingerprint density at radius 3 is 2.71 bits per heavy atom. The molecule has 1 unspecified atom stereocenters. The van der Waals surface area contributed by atoms with Gasteiger partial charge in [0.1, 0.15) is 17.2 Å². The molecule has 1 rings (SSSR count). The van der Waals surface area contributed by atoms with Crippen LogP contribution in [-0.2, 0) is 5.60 Å². The van der Waals surface area contributed by atoms with Gasteiger partial charge in [-0.25, -0.2) is 4.39 Å². The molecule has 0 aliphatic carbocycles.